The Kier molecular flexibility index (Phi) is 4.82. The lowest BCUT2D eigenvalue weighted by atomic mass is 10.0. The molecule has 1 aliphatic carbocycles. The van der Waals surface area contributed by atoms with Gasteiger partial charge in [0.25, 0.3) is 5.91 Å². The maximum atomic E-state index is 11.6. The van der Waals surface area contributed by atoms with Crippen LogP contribution < -0.4 is 10.6 Å². The third kappa shape index (κ3) is 4.08. The summed E-state index contributed by atoms with van der Waals surface area (Å²) in [5, 5.41) is 15.2. The number of amides is 2. The van der Waals surface area contributed by atoms with Crippen molar-refractivity contribution in [2.45, 2.75) is 31.3 Å². The molecule has 1 saturated carbocycles. The highest BCUT2D eigenvalue weighted by atomic mass is 79.9. The van der Waals surface area contributed by atoms with E-state index in [1.807, 2.05) is 0 Å². The van der Waals surface area contributed by atoms with Gasteiger partial charge in [0.05, 0.1) is 12.1 Å². The van der Waals surface area contributed by atoms with Gasteiger partial charge in [-0.1, -0.05) is 12.8 Å². The minimum atomic E-state index is -0.786. The fraction of sp³-hybridized carbons (Fsp3) is 0.538. The van der Waals surface area contributed by atoms with Gasteiger partial charge in [0.15, 0.2) is 10.4 Å². The summed E-state index contributed by atoms with van der Waals surface area (Å²) in [4.78, 5) is 23.2. The molecular weight excluding hydrogens is 328 g/mol. The van der Waals surface area contributed by atoms with Crippen molar-refractivity contribution in [1.82, 2.24) is 10.6 Å². The van der Waals surface area contributed by atoms with Crippen molar-refractivity contribution in [2.75, 3.05) is 13.1 Å². The molecule has 2 amide bonds. The Morgan fingerprint density at radius 2 is 2.00 bits per heavy atom. The molecule has 0 aliphatic heterocycles. The molecule has 2 rings (SSSR count). The van der Waals surface area contributed by atoms with E-state index in [0.717, 1.165) is 12.8 Å². The van der Waals surface area contributed by atoms with E-state index in [9.17, 15) is 14.7 Å². The van der Waals surface area contributed by atoms with E-state index >= 15 is 0 Å². The van der Waals surface area contributed by atoms with Crippen molar-refractivity contribution in [2.24, 2.45) is 0 Å². The molecule has 1 aromatic heterocycles. The van der Waals surface area contributed by atoms with E-state index in [2.05, 4.69) is 26.6 Å². The van der Waals surface area contributed by atoms with Gasteiger partial charge in [-0.25, -0.2) is 0 Å². The lowest BCUT2D eigenvalue weighted by Crippen LogP contribution is -2.44. The van der Waals surface area contributed by atoms with E-state index in [1.165, 1.54) is 6.07 Å². The van der Waals surface area contributed by atoms with E-state index in [0.29, 0.717) is 17.5 Å². The summed E-state index contributed by atoms with van der Waals surface area (Å²) < 4.78 is 5.52. The molecule has 0 bridgehead atoms. The Balaban J connectivity index is 1.71. The predicted molar refractivity (Wildman–Crippen MR) is 75.2 cm³/mol. The molecule has 110 valence electrons. The molecule has 3 N–H and O–H groups in total. The largest absolute Gasteiger partial charge is 0.444 e. The number of furan rings is 1. The summed E-state index contributed by atoms with van der Waals surface area (Å²) in [5.74, 6) is -0.645. The number of nitrogens with one attached hydrogen (secondary N) is 2. The zero-order valence-corrected chi connectivity index (χ0v) is 12.5. The summed E-state index contributed by atoms with van der Waals surface area (Å²) in [6.07, 6.45) is 3.38. The fourth-order valence-electron chi connectivity index (χ4n) is 2.22. The Labute approximate surface area is 125 Å². The first-order valence-electron chi connectivity index (χ1n) is 6.51. The Bertz CT molecular complexity index is 494. The fourth-order valence-corrected chi connectivity index (χ4v) is 2.53. The molecule has 0 spiro atoms. The summed E-state index contributed by atoms with van der Waals surface area (Å²) in [7, 11) is 0. The topological polar surface area (TPSA) is 91.6 Å². The van der Waals surface area contributed by atoms with Gasteiger partial charge < -0.3 is 20.2 Å². The van der Waals surface area contributed by atoms with Crippen LogP contribution >= 0.6 is 15.9 Å². The Morgan fingerprint density at radius 1 is 1.30 bits per heavy atom. The Morgan fingerprint density at radius 3 is 2.60 bits per heavy atom. The summed E-state index contributed by atoms with van der Waals surface area (Å²) >= 11 is 3.10. The first kappa shape index (κ1) is 15.1. The number of halogens is 1. The summed E-state index contributed by atoms with van der Waals surface area (Å²) in [6.45, 7) is 0.0846. The summed E-state index contributed by atoms with van der Waals surface area (Å²) in [5.41, 5.74) is -0.786. The highest BCUT2D eigenvalue weighted by molar-refractivity contribution is 9.10. The average molecular weight is 345 g/mol. The molecule has 20 heavy (non-hydrogen) atoms. The number of aliphatic hydroxyl groups is 1. The van der Waals surface area contributed by atoms with Crippen molar-refractivity contribution < 1.29 is 19.1 Å². The standard InChI is InChI=1S/C13H17BrN2O4/c14-10-4-3-9(20-10)12(18)15-7-11(17)16-8-13(19)5-1-2-6-13/h3-4,19H,1-2,5-8H2,(H,15,18)(H,16,17). The highest BCUT2D eigenvalue weighted by Gasteiger charge is 2.31. The second-order valence-corrected chi connectivity index (χ2v) is 5.78. The van der Waals surface area contributed by atoms with Gasteiger partial charge in [0, 0.05) is 6.54 Å². The maximum Gasteiger partial charge on any atom is 0.287 e. The number of rotatable bonds is 5. The third-order valence-corrected chi connectivity index (χ3v) is 3.78. The molecule has 1 aromatic rings. The van der Waals surface area contributed by atoms with Crippen LogP contribution in [-0.4, -0.2) is 35.6 Å². The van der Waals surface area contributed by atoms with E-state index in [-0.39, 0.29) is 24.8 Å². The number of carbonyl (C=O) groups excluding carboxylic acids is 2. The summed E-state index contributed by atoms with van der Waals surface area (Å²) in [6, 6.07) is 3.11. The van der Waals surface area contributed by atoms with Crippen LogP contribution in [0.4, 0.5) is 0 Å². The lowest BCUT2D eigenvalue weighted by Gasteiger charge is -2.22. The molecule has 1 fully saturated rings. The molecule has 7 heteroatoms. The zero-order valence-electron chi connectivity index (χ0n) is 10.9. The van der Waals surface area contributed by atoms with Crippen LogP contribution in [-0.2, 0) is 4.79 Å². The Hall–Kier alpha value is -1.34. The molecule has 0 saturated heterocycles. The van der Waals surface area contributed by atoms with Crippen molar-refractivity contribution in [1.29, 1.82) is 0 Å². The molecule has 0 aromatic carbocycles. The molecule has 1 aliphatic rings. The van der Waals surface area contributed by atoms with E-state index < -0.39 is 11.5 Å². The second kappa shape index (κ2) is 6.41. The normalized spacial score (nSPS) is 16.9. The van der Waals surface area contributed by atoms with Crippen LogP contribution in [0.5, 0.6) is 0 Å². The third-order valence-electron chi connectivity index (χ3n) is 3.36. The minimum absolute atomic E-state index is 0.138. The van der Waals surface area contributed by atoms with Gasteiger partial charge >= 0.3 is 0 Å². The zero-order chi connectivity index (χ0) is 14.6. The minimum Gasteiger partial charge on any atom is -0.444 e. The number of carbonyl (C=O) groups is 2. The molecule has 0 atom stereocenters. The second-order valence-electron chi connectivity index (χ2n) is 4.99. The quantitative estimate of drug-likeness (QED) is 0.748. The molecular formula is C13H17BrN2O4. The van der Waals surface area contributed by atoms with Crippen molar-refractivity contribution in [3.63, 3.8) is 0 Å². The lowest BCUT2D eigenvalue weighted by molar-refractivity contribution is -0.121. The predicted octanol–water partition coefficient (Wildman–Crippen LogP) is 1.19. The highest BCUT2D eigenvalue weighted by Crippen LogP contribution is 2.28. The van der Waals surface area contributed by atoms with Gasteiger partial charge in [-0.3, -0.25) is 9.59 Å². The number of hydrogen-bond donors (Lipinski definition) is 3. The smallest absolute Gasteiger partial charge is 0.287 e. The maximum absolute atomic E-state index is 11.6. The van der Waals surface area contributed by atoms with Crippen LogP contribution in [0.3, 0.4) is 0 Å². The van der Waals surface area contributed by atoms with Crippen molar-refractivity contribution in [3.8, 4) is 0 Å². The van der Waals surface area contributed by atoms with Gasteiger partial charge in [0.2, 0.25) is 5.91 Å². The SMILES string of the molecule is O=C(CNC(=O)c1ccc(Br)o1)NCC1(O)CCCC1. The molecule has 0 radical (unpaired) electrons. The van der Waals surface area contributed by atoms with Gasteiger partial charge in [0.1, 0.15) is 0 Å². The van der Waals surface area contributed by atoms with Crippen LogP contribution in [0, 0.1) is 0 Å². The molecule has 1 heterocycles. The van der Waals surface area contributed by atoms with Gasteiger partial charge in [-0.05, 0) is 40.9 Å². The molecule has 6 nitrogen and oxygen atoms in total. The monoisotopic (exact) mass is 344 g/mol. The van der Waals surface area contributed by atoms with Crippen LogP contribution in [0.1, 0.15) is 36.2 Å². The van der Waals surface area contributed by atoms with Crippen molar-refractivity contribution >= 4 is 27.7 Å². The van der Waals surface area contributed by atoms with Crippen LogP contribution in [0.15, 0.2) is 21.2 Å². The van der Waals surface area contributed by atoms with E-state index in [1.54, 1.807) is 6.07 Å². The van der Waals surface area contributed by atoms with Crippen LogP contribution in [0.2, 0.25) is 0 Å². The van der Waals surface area contributed by atoms with E-state index in [4.69, 9.17) is 4.42 Å². The van der Waals surface area contributed by atoms with Gasteiger partial charge in [-0.2, -0.15) is 0 Å². The first-order valence-corrected chi connectivity index (χ1v) is 7.30. The van der Waals surface area contributed by atoms with Gasteiger partial charge in [-0.15, -0.1) is 0 Å². The first-order chi connectivity index (χ1) is 9.48. The number of hydrogen-bond acceptors (Lipinski definition) is 4. The molecule has 0 unspecified atom stereocenters. The average Bonchev–Trinajstić information content (AvgIpc) is 3.03. The van der Waals surface area contributed by atoms with Crippen LogP contribution in [0.25, 0.3) is 0 Å². The van der Waals surface area contributed by atoms with Crippen molar-refractivity contribution in [3.05, 3.63) is 22.6 Å².